The molecule has 3 N–H and O–H groups in total. The zero-order valence-corrected chi connectivity index (χ0v) is 24.4. The maximum atomic E-state index is 12.5. The molecule has 0 atom stereocenters. The molecular formula is C30H39LiO8. The molecule has 0 aliphatic carbocycles. The largest absolute Gasteiger partial charge is 1.00 e. The van der Waals surface area contributed by atoms with Crippen LogP contribution in [0.1, 0.15) is 139 Å². The molecule has 9 heteroatoms. The number of hydrogen-bond donors (Lipinski definition) is 2. The Kier molecular flexibility index (Phi) is 14.3. The summed E-state index contributed by atoms with van der Waals surface area (Å²) < 4.78 is 11.1. The van der Waals surface area contributed by atoms with Crippen LogP contribution in [0.3, 0.4) is 0 Å². The molecular weight excluding hydrogens is 495 g/mol. The first kappa shape index (κ1) is 35.9. The average molecular weight is 535 g/mol. The molecule has 0 saturated carbocycles. The van der Waals surface area contributed by atoms with E-state index in [-0.39, 0.29) is 65.6 Å². The maximum absolute atomic E-state index is 12.5. The van der Waals surface area contributed by atoms with Gasteiger partial charge >= 0.3 is 30.8 Å². The Morgan fingerprint density at radius 2 is 1.15 bits per heavy atom. The number of benzene rings is 1. The van der Waals surface area contributed by atoms with Crippen LogP contribution >= 0.6 is 0 Å². The number of furan rings is 2. The van der Waals surface area contributed by atoms with Crippen LogP contribution in [0.4, 0.5) is 0 Å². The second-order valence-corrected chi connectivity index (χ2v) is 10.4. The van der Waals surface area contributed by atoms with Gasteiger partial charge < -0.3 is 24.5 Å². The van der Waals surface area contributed by atoms with E-state index in [0.29, 0.717) is 17.2 Å². The van der Waals surface area contributed by atoms with Crippen LogP contribution in [0.15, 0.2) is 45.2 Å². The van der Waals surface area contributed by atoms with Gasteiger partial charge in [0, 0.05) is 18.3 Å². The Bertz CT molecular complexity index is 1200. The minimum absolute atomic E-state index is 0. The van der Waals surface area contributed by atoms with Gasteiger partial charge in [-0.2, -0.15) is 0 Å². The number of carboxylic acids is 2. The fourth-order valence-corrected chi connectivity index (χ4v) is 3.97. The number of aromatic carboxylic acids is 2. The first-order valence-corrected chi connectivity index (χ1v) is 12.6. The van der Waals surface area contributed by atoms with E-state index in [1.165, 1.54) is 12.1 Å². The quantitative estimate of drug-likeness (QED) is 0.296. The van der Waals surface area contributed by atoms with Gasteiger partial charge in [-0.3, -0.25) is 4.79 Å². The summed E-state index contributed by atoms with van der Waals surface area (Å²) in [6, 6.07) is 9.88. The summed E-state index contributed by atoms with van der Waals surface area (Å²) in [6.07, 6.45) is 0.129. The molecule has 0 aliphatic heterocycles. The van der Waals surface area contributed by atoms with Crippen molar-refractivity contribution in [3.8, 4) is 0 Å². The van der Waals surface area contributed by atoms with Crippen molar-refractivity contribution < 1.29 is 57.8 Å². The number of carbonyl (C=O) groups excluding carboxylic acids is 1. The summed E-state index contributed by atoms with van der Waals surface area (Å²) in [5, 5.41) is 17.8. The van der Waals surface area contributed by atoms with Gasteiger partial charge in [0.15, 0.2) is 5.76 Å². The van der Waals surface area contributed by atoms with E-state index in [4.69, 9.17) is 19.0 Å². The molecule has 0 amide bonds. The monoisotopic (exact) mass is 534 g/mol. The van der Waals surface area contributed by atoms with E-state index in [1.807, 2.05) is 47.6 Å². The molecule has 3 rings (SSSR count). The number of carboxylic acid groups (broad SMARTS) is 2. The molecule has 0 aliphatic rings. The predicted octanol–water partition coefficient (Wildman–Crippen LogP) is 4.70. The predicted molar refractivity (Wildman–Crippen MR) is 144 cm³/mol. The summed E-state index contributed by atoms with van der Waals surface area (Å²) >= 11 is 0. The minimum atomic E-state index is -1.00. The van der Waals surface area contributed by atoms with Gasteiger partial charge in [0.25, 0.3) is 0 Å². The van der Waals surface area contributed by atoms with Crippen molar-refractivity contribution in [1.29, 1.82) is 0 Å². The first-order valence-electron chi connectivity index (χ1n) is 12.6. The van der Waals surface area contributed by atoms with Crippen molar-refractivity contribution in [2.24, 2.45) is 0 Å². The van der Waals surface area contributed by atoms with Crippen LogP contribution in [0.5, 0.6) is 0 Å². The number of rotatable bonds is 9. The Balaban J connectivity index is 0.000000783. The molecule has 3 aromatic rings. The summed E-state index contributed by atoms with van der Waals surface area (Å²) in [5.74, 6) is 0.902. The van der Waals surface area contributed by atoms with Gasteiger partial charge in [0.05, 0.1) is 5.56 Å². The molecule has 1 aromatic carbocycles. The molecule has 39 heavy (non-hydrogen) atoms. The number of Topliss-reactive ketones (excluding diaryl/α,β-unsaturated/α-hetero) is 1. The molecule has 0 spiro atoms. The third-order valence-electron chi connectivity index (χ3n) is 5.90. The van der Waals surface area contributed by atoms with E-state index in [2.05, 4.69) is 13.8 Å². The normalized spacial score (nSPS) is 10.7. The van der Waals surface area contributed by atoms with Crippen LogP contribution in [0.25, 0.3) is 0 Å². The second kappa shape index (κ2) is 15.5. The summed E-state index contributed by atoms with van der Waals surface area (Å²) in [6.45, 7) is 16.3. The van der Waals surface area contributed by atoms with Crippen LogP contribution in [0, 0.1) is 0 Å². The summed E-state index contributed by atoms with van der Waals surface area (Å²) in [4.78, 5) is 34.2. The molecule has 0 bridgehead atoms. The van der Waals surface area contributed by atoms with Crippen LogP contribution in [-0.2, 0) is 6.42 Å². The maximum Gasteiger partial charge on any atom is 1.00 e. The van der Waals surface area contributed by atoms with Crippen molar-refractivity contribution in [3.63, 3.8) is 0 Å². The average Bonchev–Trinajstić information content (AvgIpc) is 3.46. The zero-order chi connectivity index (χ0) is 28.0. The fraction of sp³-hybridized carbons (Fsp3) is 0.433. The summed E-state index contributed by atoms with van der Waals surface area (Å²) in [7, 11) is 0. The fourth-order valence-electron chi connectivity index (χ4n) is 3.97. The van der Waals surface area contributed by atoms with Crippen molar-refractivity contribution >= 4 is 17.7 Å². The Morgan fingerprint density at radius 1 is 0.692 bits per heavy atom. The van der Waals surface area contributed by atoms with Crippen molar-refractivity contribution in [1.82, 2.24) is 0 Å². The SMILES string of the molecule is CC(C)c1cc(C(=O)Cc2cccc(C(=O)O)c2)oc1C(C)C.CC(C)c1cc(C(=O)O)oc1C(C)C.[Li+].[OH-]. The van der Waals surface area contributed by atoms with E-state index in [9.17, 15) is 14.4 Å². The van der Waals surface area contributed by atoms with Gasteiger partial charge in [0.2, 0.25) is 11.5 Å². The third-order valence-corrected chi connectivity index (χ3v) is 5.90. The second-order valence-electron chi connectivity index (χ2n) is 10.4. The molecule has 0 unspecified atom stereocenters. The van der Waals surface area contributed by atoms with Gasteiger partial charge in [0.1, 0.15) is 11.5 Å². The van der Waals surface area contributed by atoms with Gasteiger partial charge in [-0.25, -0.2) is 9.59 Å². The Hall–Kier alpha value is -3.05. The van der Waals surface area contributed by atoms with Crippen molar-refractivity contribution in [3.05, 3.63) is 81.7 Å². The Labute approximate surface area is 242 Å². The van der Waals surface area contributed by atoms with E-state index in [0.717, 1.165) is 22.6 Å². The molecule has 0 saturated heterocycles. The van der Waals surface area contributed by atoms with Crippen LogP contribution in [0.2, 0.25) is 0 Å². The van der Waals surface area contributed by atoms with Gasteiger partial charge in [-0.15, -0.1) is 0 Å². The standard InChI is InChI=1S/C19H22O4.C11H16O3.Li.H2O/c1-11(2)15-10-17(23-18(15)12(3)4)16(20)9-13-6-5-7-14(8-13)19(21)22;1-6(2)8-5-9(11(12)13)14-10(8)7(3)4;;/h5-8,10-12H,9H2,1-4H3,(H,21,22);5-7H,1-4H3,(H,12,13);;1H2/q;;+1;/p-1. The van der Waals surface area contributed by atoms with Crippen LogP contribution in [-0.4, -0.2) is 33.4 Å². The first-order chi connectivity index (χ1) is 17.2. The molecule has 8 nitrogen and oxygen atoms in total. The molecule has 2 heterocycles. The van der Waals surface area contributed by atoms with E-state index >= 15 is 0 Å². The van der Waals surface area contributed by atoms with Crippen molar-refractivity contribution in [2.45, 2.75) is 85.5 Å². The van der Waals surface area contributed by atoms with E-state index in [1.54, 1.807) is 18.2 Å². The van der Waals surface area contributed by atoms with E-state index < -0.39 is 11.9 Å². The van der Waals surface area contributed by atoms with Gasteiger partial charge in [-0.05, 0) is 52.8 Å². The van der Waals surface area contributed by atoms with Crippen LogP contribution < -0.4 is 18.9 Å². The molecule has 0 fully saturated rings. The molecule has 2 aromatic heterocycles. The smallest absolute Gasteiger partial charge is 0.870 e. The minimum Gasteiger partial charge on any atom is -0.870 e. The molecule has 208 valence electrons. The summed E-state index contributed by atoms with van der Waals surface area (Å²) in [5.41, 5.74) is 2.91. The number of carbonyl (C=O) groups is 3. The van der Waals surface area contributed by atoms with Gasteiger partial charge in [-0.1, -0.05) is 67.5 Å². The Morgan fingerprint density at radius 3 is 1.54 bits per heavy atom. The third kappa shape index (κ3) is 9.57. The number of hydrogen-bond acceptors (Lipinski definition) is 6. The van der Waals surface area contributed by atoms with Crippen molar-refractivity contribution in [2.75, 3.05) is 0 Å². The molecule has 0 radical (unpaired) electrons. The number of ketones is 1. The topological polar surface area (TPSA) is 148 Å². The zero-order valence-electron chi connectivity index (χ0n) is 24.4.